The molecule has 2 N–H and O–H groups in total. The van der Waals surface area contributed by atoms with Gasteiger partial charge in [-0.15, -0.1) is 0 Å². The molecule has 1 aliphatic carbocycles. The minimum Gasteiger partial charge on any atom is -0.550 e. The zero-order chi connectivity index (χ0) is 30.6. The Kier molecular flexibility index (Phi) is 11.2. The van der Waals surface area contributed by atoms with Crippen molar-refractivity contribution in [2.75, 3.05) is 24.4 Å². The summed E-state index contributed by atoms with van der Waals surface area (Å²) in [4.78, 5) is 40.9. The van der Waals surface area contributed by atoms with Crippen LogP contribution in [0.3, 0.4) is 0 Å². The number of aromatic nitrogens is 1. The van der Waals surface area contributed by atoms with E-state index in [9.17, 15) is 23.9 Å². The van der Waals surface area contributed by atoms with Crippen LogP contribution in [0.4, 0.5) is 15.8 Å². The summed E-state index contributed by atoms with van der Waals surface area (Å²) in [7, 11) is 1.48. The number of carboxylic acids is 1. The largest absolute Gasteiger partial charge is 1.00 e. The van der Waals surface area contributed by atoms with Crippen LogP contribution < -0.4 is 81.3 Å². The van der Waals surface area contributed by atoms with Gasteiger partial charge in [0.1, 0.15) is 22.7 Å². The number of hydrogen-bond donors (Lipinski definition) is 2. The summed E-state index contributed by atoms with van der Waals surface area (Å²) in [6.07, 6.45) is 2.47. The second-order valence-corrected chi connectivity index (χ2v) is 10.3. The number of carbonyl (C=O) groups excluding carboxylic acids is 3. The fourth-order valence-corrected chi connectivity index (χ4v) is 4.60. The average molecular weight is 646 g/mol. The van der Waals surface area contributed by atoms with Crippen LogP contribution in [0.25, 0.3) is 10.9 Å². The minimum absolute atomic E-state index is 0. The Labute approximate surface area is 299 Å². The second-order valence-electron chi connectivity index (χ2n) is 9.90. The van der Waals surface area contributed by atoms with Crippen LogP contribution in [-0.2, 0) is 14.4 Å². The van der Waals surface area contributed by atoms with E-state index in [-0.39, 0.29) is 75.9 Å². The molecule has 4 aromatic rings. The first-order chi connectivity index (χ1) is 20.7. The van der Waals surface area contributed by atoms with Crippen LogP contribution in [0.15, 0.2) is 66.9 Å². The molecule has 1 fully saturated rings. The van der Waals surface area contributed by atoms with E-state index >= 15 is 0 Å². The fraction of sp³-hybridized carbons (Fsp3) is 0.226. The maximum absolute atomic E-state index is 13.2. The Morgan fingerprint density at radius 2 is 1.61 bits per heavy atom. The first-order valence-electron chi connectivity index (χ1n) is 13.3. The van der Waals surface area contributed by atoms with E-state index in [1.807, 2.05) is 0 Å². The minimum atomic E-state index is -1.22. The molecule has 0 atom stereocenters. The van der Waals surface area contributed by atoms with Gasteiger partial charge in [0, 0.05) is 35.0 Å². The van der Waals surface area contributed by atoms with Crippen molar-refractivity contribution < 1.29 is 89.5 Å². The number of carboxylic acid groups (broad SMARTS) is 1. The normalized spacial score (nSPS) is 12.9. The molecule has 0 aliphatic heterocycles. The number of rotatable bonds is 12. The van der Waals surface area contributed by atoms with Gasteiger partial charge in [-0.05, 0) is 80.3 Å². The number of pyridine rings is 1. The van der Waals surface area contributed by atoms with E-state index < -0.39 is 29.0 Å². The number of nitrogens with zero attached hydrogens (tertiary/aromatic N) is 1. The molecule has 3 aromatic carbocycles. The van der Waals surface area contributed by atoms with Crippen molar-refractivity contribution in [2.24, 2.45) is 5.41 Å². The van der Waals surface area contributed by atoms with E-state index in [0.29, 0.717) is 58.1 Å². The van der Waals surface area contributed by atoms with Crippen molar-refractivity contribution in [1.29, 1.82) is 0 Å². The van der Waals surface area contributed by atoms with Gasteiger partial charge in [0.25, 0.3) is 0 Å². The molecule has 1 saturated carbocycles. The first-order valence-corrected chi connectivity index (χ1v) is 13.7. The summed E-state index contributed by atoms with van der Waals surface area (Å²) in [6, 6.07) is 15.0. The number of hydrogen-bond acceptors (Lipinski definition) is 8. The van der Waals surface area contributed by atoms with Gasteiger partial charge < -0.3 is 34.7 Å². The van der Waals surface area contributed by atoms with Gasteiger partial charge in [-0.2, -0.15) is 0 Å². The molecule has 13 heteroatoms. The standard InChI is InChI=1S/C31H27ClFN3O7.K/c1-41-26-16-21-23(17-27(26)42-14-2-3-28(37)38)34-13-10-24(21)43-25-9-8-20(15-22(25)32)36-30(40)31(11-12-31)29(39)35-19-6-4-18(33)5-7-19;/h4-10,13,15-17H,2-3,11-12,14H2,1H3,(H,35,39)(H,36,40)(H,37,38);/q;+1/p-1. The van der Waals surface area contributed by atoms with Crippen LogP contribution in [0.5, 0.6) is 23.0 Å². The predicted octanol–water partition coefficient (Wildman–Crippen LogP) is 2.10. The van der Waals surface area contributed by atoms with Gasteiger partial charge in [0.2, 0.25) is 11.8 Å². The van der Waals surface area contributed by atoms with Crippen LogP contribution in [0.1, 0.15) is 25.7 Å². The van der Waals surface area contributed by atoms with Crippen LogP contribution in [0.2, 0.25) is 5.02 Å². The number of methoxy groups -OCH3 is 1. The Balaban J connectivity index is 0.00000442. The molecule has 0 radical (unpaired) electrons. The summed E-state index contributed by atoms with van der Waals surface area (Å²) in [5.41, 5.74) is 0.0986. The van der Waals surface area contributed by atoms with Gasteiger partial charge in [-0.1, -0.05) is 11.6 Å². The predicted molar refractivity (Wildman–Crippen MR) is 155 cm³/mol. The quantitative estimate of drug-likeness (QED) is 0.136. The third kappa shape index (κ3) is 7.87. The number of aliphatic carboxylic acids is 1. The van der Waals surface area contributed by atoms with Crippen molar-refractivity contribution in [3.8, 4) is 23.0 Å². The number of fused-ring (bicyclic) bond motifs is 1. The third-order valence-corrected chi connectivity index (χ3v) is 7.20. The topological polar surface area (TPSA) is 139 Å². The van der Waals surface area contributed by atoms with Gasteiger partial charge >= 0.3 is 51.4 Å². The van der Waals surface area contributed by atoms with Crippen LogP contribution in [-0.4, -0.2) is 36.5 Å². The summed E-state index contributed by atoms with van der Waals surface area (Å²) >= 11 is 6.51. The Morgan fingerprint density at radius 1 is 0.932 bits per heavy atom. The molecule has 0 saturated heterocycles. The Morgan fingerprint density at radius 3 is 2.25 bits per heavy atom. The smallest absolute Gasteiger partial charge is 0.550 e. The van der Waals surface area contributed by atoms with Crippen molar-refractivity contribution in [3.05, 3.63) is 77.7 Å². The van der Waals surface area contributed by atoms with Crippen LogP contribution in [0, 0.1) is 11.2 Å². The number of benzene rings is 3. The SMILES string of the molecule is COc1cc2c(Oc3ccc(NC(=O)C4(C(=O)Nc5ccc(F)cc5)CC4)cc3Cl)ccnc2cc1OCCCC(=O)[O-].[K+]. The third-order valence-electron chi connectivity index (χ3n) is 6.90. The van der Waals surface area contributed by atoms with Gasteiger partial charge in [0.05, 0.1) is 24.3 Å². The molecular weight excluding hydrogens is 620 g/mol. The molecule has 0 bridgehead atoms. The monoisotopic (exact) mass is 645 g/mol. The van der Waals surface area contributed by atoms with E-state index in [1.165, 1.54) is 37.4 Å². The summed E-state index contributed by atoms with van der Waals surface area (Å²) in [5, 5.41) is 16.9. The molecule has 2 amide bonds. The van der Waals surface area contributed by atoms with Gasteiger partial charge in [-0.3, -0.25) is 14.6 Å². The van der Waals surface area contributed by atoms with Gasteiger partial charge in [0.15, 0.2) is 11.5 Å². The Hall–Kier alpha value is -3.26. The summed E-state index contributed by atoms with van der Waals surface area (Å²) in [5.74, 6) is -0.971. The molecule has 1 aromatic heterocycles. The molecule has 1 aliphatic rings. The summed E-state index contributed by atoms with van der Waals surface area (Å²) in [6.45, 7) is 0.157. The molecule has 1 heterocycles. The fourth-order valence-electron chi connectivity index (χ4n) is 4.39. The molecule has 44 heavy (non-hydrogen) atoms. The van der Waals surface area contributed by atoms with E-state index in [1.54, 1.807) is 36.5 Å². The molecule has 0 spiro atoms. The number of nitrogens with one attached hydrogen (secondary N) is 2. The van der Waals surface area contributed by atoms with Gasteiger partial charge in [-0.25, -0.2) is 4.39 Å². The van der Waals surface area contributed by atoms with E-state index in [2.05, 4.69) is 15.6 Å². The number of ether oxygens (including phenoxy) is 3. The zero-order valence-corrected chi connectivity index (χ0v) is 27.8. The van der Waals surface area contributed by atoms with Crippen LogP contribution >= 0.6 is 11.6 Å². The summed E-state index contributed by atoms with van der Waals surface area (Å²) < 4.78 is 30.4. The molecular formula is C31H26ClFKN3O7. The molecule has 222 valence electrons. The first kappa shape index (κ1) is 33.6. The maximum Gasteiger partial charge on any atom is 1.00 e. The average Bonchev–Trinajstić information content (AvgIpc) is 3.80. The molecule has 10 nitrogen and oxygen atoms in total. The number of carbonyl (C=O) groups is 3. The maximum atomic E-state index is 13.2. The van der Waals surface area contributed by atoms with Crippen molar-refractivity contribution in [1.82, 2.24) is 4.98 Å². The van der Waals surface area contributed by atoms with E-state index in [0.717, 1.165) is 0 Å². The van der Waals surface area contributed by atoms with E-state index in [4.69, 9.17) is 25.8 Å². The second kappa shape index (κ2) is 14.7. The number of amides is 2. The van der Waals surface area contributed by atoms with Crippen molar-refractivity contribution in [2.45, 2.75) is 25.7 Å². The number of halogens is 2. The zero-order valence-electron chi connectivity index (χ0n) is 23.9. The van der Waals surface area contributed by atoms with Crippen molar-refractivity contribution >= 4 is 51.7 Å². The Bertz CT molecular complexity index is 1700. The molecule has 5 rings (SSSR count). The number of anilines is 2. The molecule has 0 unspecified atom stereocenters. The van der Waals surface area contributed by atoms with Crippen molar-refractivity contribution in [3.63, 3.8) is 0 Å².